The van der Waals surface area contributed by atoms with Gasteiger partial charge in [0.15, 0.2) is 5.13 Å². The molecule has 0 unspecified atom stereocenters. The summed E-state index contributed by atoms with van der Waals surface area (Å²) in [6, 6.07) is 30.8. The Labute approximate surface area is 215 Å². The highest BCUT2D eigenvalue weighted by Crippen LogP contribution is 2.40. The molecule has 1 N–H and O–H groups in total. The summed E-state index contributed by atoms with van der Waals surface area (Å²) in [4.78, 5) is 22.7. The van der Waals surface area contributed by atoms with Crippen LogP contribution in [0.2, 0.25) is 0 Å². The molecule has 0 radical (unpaired) electrons. The second-order valence-electron chi connectivity index (χ2n) is 8.00. The van der Waals surface area contributed by atoms with Crippen LogP contribution >= 0.6 is 11.3 Å². The molecule has 0 atom stereocenters. The molecule has 0 aliphatic rings. The molecule has 4 aromatic rings. The fourth-order valence-corrected chi connectivity index (χ4v) is 4.72. The van der Waals surface area contributed by atoms with Crippen molar-refractivity contribution in [2.75, 3.05) is 18.5 Å². The number of oxime groups is 1. The van der Waals surface area contributed by atoms with Crippen molar-refractivity contribution < 1.29 is 14.4 Å². The zero-order valence-corrected chi connectivity index (χ0v) is 21.2. The van der Waals surface area contributed by atoms with Gasteiger partial charge in [-0.1, -0.05) is 103 Å². The van der Waals surface area contributed by atoms with Crippen LogP contribution in [0.4, 0.5) is 5.13 Å². The number of nitrogens with zero attached hydrogens (tertiary/aromatic N) is 2. The van der Waals surface area contributed by atoms with Gasteiger partial charge in [-0.05, 0) is 30.0 Å². The minimum absolute atomic E-state index is 0.0549. The summed E-state index contributed by atoms with van der Waals surface area (Å²) in [6.45, 7) is 4.36. The standard InChI is InChI=1S/C29H29N3O3S/c1-3-20-35-32-26(27(33)34-4-2)25-21-36-28(30-25)31-29(22-14-8-5-9-15-22,23-16-10-6-11-17-23)24-18-12-7-13-19-24/h5-19,21H,3-4,20H2,1-2H3,(H,30,31)/b32-26+. The van der Waals surface area contributed by atoms with E-state index in [9.17, 15) is 4.79 Å². The number of hydrogen-bond acceptors (Lipinski definition) is 7. The SMILES string of the molecule is CCCO/N=C(/C(=O)OCC)c1csc(NC(c2ccccc2)(c2ccccc2)c2ccccc2)n1. The Morgan fingerprint density at radius 3 is 1.89 bits per heavy atom. The first-order valence-corrected chi connectivity index (χ1v) is 12.8. The highest BCUT2D eigenvalue weighted by Gasteiger charge is 2.37. The fourth-order valence-electron chi connectivity index (χ4n) is 3.97. The van der Waals surface area contributed by atoms with Gasteiger partial charge >= 0.3 is 5.97 Å². The van der Waals surface area contributed by atoms with Crippen molar-refractivity contribution in [1.82, 2.24) is 4.98 Å². The van der Waals surface area contributed by atoms with Gasteiger partial charge in [-0.2, -0.15) is 0 Å². The molecule has 0 bridgehead atoms. The van der Waals surface area contributed by atoms with E-state index in [-0.39, 0.29) is 12.3 Å². The van der Waals surface area contributed by atoms with Crippen molar-refractivity contribution in [3.8, 4) is 0 Å². The summed E-state index contributed by atoms with van der Waals surface area (Å²) in [6.07, 6.45) is 0.775. The molecular formula is C29H29N3O3S. The van der Waals surface area contributed by atoms with E-state index in [4.69, 9.17) is 14.6 Å². The van der Waals surface area contributed by atoms with Crippen LogP contribution in [0.1, 0.15) is 42.7 Å². The van der Waals surface area contributed by atoms with Gasteiger partial charge in [-0.25, -0.2) is 9.78 Å². The fraction of sp³-hybridized carbons (Fsp3) is 0.207. The number of benzene rings is 3. The molecule has 0 fully saturated rings. The molecule has 1 aromatic heterocycles. The zero-order chi connectivity index (χ0) is 25.2. The number of carbonyl (C=O) groups is 1. The monoisotopic (exact) mass is 499 g/mol. The van der Waals surface area contributed by atoms with Gasteiger partial charge in [0.05, 0.1) is 6.61 Å². The second kappa shape index (κ2) is 12.1. The average molecular weight is 500 g/mol. The lowest BCUT2D eigenvalue weighted by molar-refractivity contribution is -0.135. The molecule has 0 aliphatic carbocycles. The van der Waals surface area contributed by atoms with Crippen molar-refractivity contribution in [2.45, 2.75) is 25.8 Å². The van der Waals surface area contributed by atoms with Crippen molar-refractivity contribution >= 4 is 28.1 Å². The Bertz CT molecular complexity index is 1180. The van der Waals surface area contributed by atoms with Gasteiger partial charge < -0.3 is 14.9 Å². The second-order valence-corrected chi connectivity index (χ2v) is 8.86. The van der Waals surface area contributed by atoms with Crippen molar-refractivity contribution in [3.63, 3.8) is 0 Å². The van der Waals surface area contributed by atoms with E-state index in [1.807, 2.05) is 61.5 Å². The number of aromatic nitrogens is 1. The molecule has 0 spiro atoms. The molecule has 0 saturated carbocycles. The van der Waals surface area contributed by atoms with Crippen molar-refractivity contribution in [3.05, 3.63) is 119 Å². The minimum Gasteiger partial charge on any atom is -0.461 e. The first-order chi connectivity index (χ1) is 17.7. The summed E-state index contributed by atoms with van der Waals surface area (Å²) >= 11 is 1.40. The molecule has 7 heteroatoms. The number of nitrogens with one attached hydrogen (secondary N) is 1. The number of rotatable bonds is 11. The molecule has 184 valence electrons. The van der Waals surface area contributed by atoms with Gasteiger partial charge in [0.2, 0.25) is 5.71 Å². The molecule has 1 heterocycles. The van der Waals surface area contributed by atoms with Gasteiger partial charge in [0, 0.05) is 5.38 Å². The van der Waals surface area contributed by atoms with Crippen LogP contribution in [0.3, 0.4) is 0 Å². The van der Waals surface area contributed by atoms with Crippen LogP contribution in [-0.2, 0) is 19.9 Å². The first kappa shape index (κ1) is 25.1. The summed E-state index contributed by atoms with van der Waals surface area (Å²) in [5.74, 6) is -0.564. The van der Waals surface area contributed by atoms with Gasteiger partial charge in [-0.3, -0.25) is 0 Å². The lowest BCUT2D eigenvalue weighted by Crippen LogP contribution is -2.38. The van der Waals surface area contributed by atoms with E-state index in [1.54, 1.807) is 12.3 Å². The molecule has 4 rings (SSSR count). The Hall–Kier alpha value is -3.97. The maximum Gasteiger partial charge on any atom is 0.362 e. The zero-order valence-electron chi connectivity index (χ0n) is 20.4. The summed E-state index contributed by atoms with van der Waals surface area (Å²) < 4.78 is 5.20. The molecule has 0 amide bonds. The summed E-state index contributed by atoms with van der Waals surface area (Å²) in [7, 11) is 0. The maximum atomic E-state index is 12.6. The van der Waals surface area contributed by atoms with Crippen LogP contribution in [0.5, 0.6) is 0 Å². The van der Waals surface area contributed by atoms with E-state index in [0.717, 1.165) is 23.1 Å². The number of ether oxygens (including phenoxy) is 1. The third-order valence-corrected chi connectivity index (χ3v) is 6.34. The Balaban J connectivity index is 1.82. The van der Waals surface area contributed by atoms with Gasteiger partial charge in [0.1, 0.15) is 17.8 Å². The molecule has 6 nitrogen and oxygen atoms in total. The summed E-state index contributed by atoms with van der Waals surface area (Å²) in [5, 5.41) is 10.2. The third kappa shape index (κ3) is 5.47. The minimum atomic E-state index is -0.723. The third-order valence-electron chi connectivity index (χ3n) is 5.58. The first-order valence-electron chi connectivity index (χ1n) is 12.0. The predicted octanol–water partition coefficient (Wildman–Crippen LogP) is 6.24. The number of carbonyl (C=O) groups excluding carboxylic acids is 1. The van der Waals surface area contributed by atoms with Crippen molar-refractivity contribution in [1.29, 1.82) is 0 Å². The Morgan fingerprint density at radius 2 is 1.42 bits per heavy atom. The van der Waals surface area contributed by atoms with E-state index in [0.29, 0.717) is 17.4 Å². The van der Waals surface area contributed by atoms with Crippen LogP contribution < -0.4 is 5.32 Å². The number of hydrogen-bond donors (Lipinski definition) is 1. The average Bonchev–Trinajstić information content (AvgIpc) is 3.39. The number of anilines is 1. The highest BCUT2D eigenvalue weighted by atomic mass is 32.1. The molecule has 0 saturated heterocycles. The van der Waals surface area contributed by atoms with Crippen LogP contribution in [0, 0.1) is 0 Å². The smallest absolute Gasteiger partial charge is 0.362 e. The molecule has 0 aliphatic heterocycles. The number of esters is 1. The number of thiazole rings is 1. The summed E-state index contributed by atoms with van der Waals surface area (Å²) in [5.41, 5.74) is 2.91. The van der Waals surface area contributed by atoms with E-state index in [2.05, 4.69) is 46.9 Å². The lowest BCUT2D eigenvalue weighted by Gasteiger charge is -2.36. The molecule has 36 heavy (non-hydrogen) atoms. The predicted molar refractivity (Wildman–Crippen MR) is 144 cm³/mol. The van der Waals surface area contributed by atoms with Crippen LogP contribution in [-0.4, -0.2) is 29.9 Å². The van der Waals surface area contributed by atoms with E-state index < -0.39 is 11.5 Å². The molecule has 3 aromatic carbocycles. The van der Waals surface area contributed by atoms with Gasteiger partial charge in [-0.15, -0.1) is 11.3 Å². The largest absolute Gasteiger partial charge is 0.461 e. The Morgan fingerprint density at radius 1 is 0.889 bits per heavy atom. The van der Waals surface area contributed by atoms with Crippen LogP contribution in [0.15, 0.2) is 102 Å². The quantitative estimate of drug-likeness (QED) is 0.0869. The van der Waals surface area contributed by atoms with Crippen LogP contribution in [0.25, 0.3) is 0 Å². The molecular weight excluding hydrogens is 470 g/mol. The maximum absolute atomic E-state index is 12.6. The van der Waals surface area contributed by atoms with E-state index >= 15 is 0 Å². The Kier molecular flexibility index (Phi) is 8.47. The normalized spacial score (nSPS) is 11.7. The van der Waals surface area contributed by atoms with Crippen molar-refractivity contribution in [2.24, 2.45) is 5.16 Å². The lowest BCUT2D eigenvalue weighted by atomic mass is 9.77. The highest BCUT2D eigenvalue weighted by molar-refractivity contribution is 7.14. The van der Waals surface area contributed by atoms with E-state index in [1.165, 1.54) is 11.3 Å². The topological polar surface area (TPSA) is 72.8 Å². The van der Waals surface area contributed by atoms with Gasteiger partial charge in [0.25, 0.3) is 0 Å².